The molecule has 0 spiro atoms. The molecule has 0 aromatic heterocycles. The summed E-state index contributed by atoms with van der Waals surface area (Å²) in [5.41, 5.74) is 8.23. The van der Waals surface area contributed by atoms with Crippen molar-refractivity contribution < 1.29 is 37.5 Å². The van der Waals surface area contributed by atoms with Crippen molar-refractivity contribution in [1.82, 2.24) is 5.32 Å². The number of esters is 1. The van der Waals surface area contributed by atoms with Crippen LogP contribution in [-0.2, 0) is 39.3 Å². The summed E-state index contributed by atoms with van der Waals surface area (Å²) in [5, 5.41) is 5.13. The van der Waals surface area contributed by atoms with E-state index in [2.05, 4.69) is 10.6 Å². The summed E-state index contributed by atoms with van der Waals surface area (Å²) in [6, 6.07) is 9.11. The Labute approximate surface area is 255 Å². The number of rotatable bonds is 11. The third kappa shape index (κ3) is 9.19. The second kappa shape index (κ2) is 14.8. The molecule has 37 heavy (non-hydrogen) atoms. The molecule has 0 bridgehead atoms. The minimum absolute atomic E-state index is 0.0610. The van der Waals surface area contributed by atoms with Gasteiger partial charge in [0.05, 0.1) is 21.1 Å². The predicted octanol–water partition coefficient (Wildman–Crippen LogP) is 5.04. The molecule has 2 aromatic rings. The molecular formula is C22H25I3N3O8P. The van der Waals surface area contributed by atoms with Gasteiger partial charge in [0.15, 0.2) is 0 Å². The Morgan fingerprint density at radius 1 is 1.03 bits per heavy atom. The number of amides is 2. The second-order valence-electron chi connectivity index (χ2n) is 7.36. The van der Waals surface area contributed by atoms with E-state index in [0.29, 0.717) is 27.6 Å². The monoisotopic (exact) mass is 871 g/mol. The summed E-state index contributed by atoms with van der Waals surface area (Å²) < 4.78 is 35.1. The van der Waals surface area contributed by atoms with Gasteiger partial charge in [0, 0.05) is 33.8 Å². The van der Waals surface area contributed by atoms with Gasteiger partial charge >= 0.3 is 19.7 Å². The van der Waals surface area contributed by atoms with Crippen LogP contribution in [0, 0.1) is 10.7 Å². The first-order chi connectivity index (χ1) is 17.4. The third-order valence-electron chi connectivity index (χ3n) is 4.83. The number of hydrogen-bond donors (Lipinski definition) is 3. The molecule has 1 atom stereocenters. The molecule has 11 nitrogen and oxygen atoms in total. The van der Waals surface area contributed by atoms with Crippen molar-refractivity contribution in [2.24, 2.45) is 0 Å². The maximum atomic E-state index is 12.9. The van der Waals surface area contributed by atoms with Crippen molar-refractivity contribution in [1.29, 1.82) is 0 Å². The standard InChI is InChI=1S/C22H25I3N3O8P/c1-12(29)36-14(11-37(32,33-2)34-3)16-17(23)20(26)19(25)21(18(16)24)28-15(30)9-27-22(31)35-10-13-7-5-4-6-8-13/h4-8,14H,9-11,26H2,1-3H3,(H,27,31)(H,28,30). The number of nitrogens with one attached hydrogen (secondary N) is 2. The summed E-state index contributed by atoms with van der Waals surface area (Å²) in [6.45, 7) is 0.918. The number of benzene rings is 2. The van der Waals surface area contributed by atoms with E-state index in [1.165, 1.54) is 21.1 Å². The number of nitrogens with two attached hydrogens (primary N) is 1. The average Bonchev–Trinajstić information content (AvgIpc) is 2.87. The average molecular weight is 871 g/mol. The number of nitrogen functional groups attached to an aromatic ring is 1. The van der Waals surface area contributed by atoms with Gasteiger partial charge in [-0.3, -0.25) is 14.2 Å². The van der Waals surface area contributed by atoms with Gasteiger partial charge in [-0.1, -0.05) is 30.3 Å². The molecule has 0 aliphatic heterocycles. The molecule has 2 rings (SSSR count). The first-order valence-electron chi connectivity index (χ1n) is 10.5. The predicted molar refractivity (Wildman–Crippen MR) is 163 cm³/mol. The molecule has 1 unspecified atom stereocenters. The van der Waals surface area contributed by atoms with Crippen molar-refractivity contribution >= 4 is 105 Å². The molecule has 0 radical (unpaired) electrons. The van der Waals surface area contributed by atoms with Crippen LogP contribution in [0.25, 0.3) is 0 Å². The fourth-order valence-electron chi connectivity index (χ4n) is 3.02. The van der Waals surface area contributed by atoms with E-state index >= 15 is 0 Å². The van der Waals surface area contributed by atoms with Crippen molar-refractivity contribution in [3.05, 3.63) is 52.2 Å². The van der Waals surface area contributed by atoms with Crippen LogP contribution in [0.4, 0.5) is 16.2 Å². The lowest BCUT2D eigenvalue weighted by Gasteiger charge is -2.26. The highest BCUT2D eigenvalue weighted by atomic mass is 127. The van der Waals surface area contributed by atoms with Gasteiger partial charge in [-0.05, 0) is 73.3 Å². The molecule has 0 saturated heterocycles. The number of anilines is 2. The summed E-state index contributed by atoms with van der Waals surface area (Å²) in [4.78, 5) is 36.5. The molecule has 0 saturated carbocycles. The normalized spacial score (nSPS) is 11.9. The highest BCUT2D eigenvalue weighted by Crippen LogP contribution is 2.52. The maximum absolute atomic E-state index is 12.9. The van der Waals surface area contributed by atoms with Crippen LogP contribution in [0.1, 0.15) is 24.2 Å². The van der Waals surface area contributed by atoms with Crippen molar-refractivity contribution in [3.63, 3.8) is 0 Å². The van der Waals surface area contributed by atoms with Crippen LogP contribution < -0.4 is 16.4 Å². The van der Waals surface area contributed by atoms with E-state index in [1.807, 2.05) is 98.1 Å². The lowest BCUT2D eigenvalue weighted by molar-refractivity contribution is -0.145. The van der Waals surface area contributed by atoms with Gasteiger partial charge < -0.3 is 34.9 Å². The van der Waals surface area contributed by atoms with E-state index < -0.39 is 31.7 Å². The Hall–Kier alpha value is -1.21. The van der Waals surface area contributed by atoms with Gasteiger partial charge in [-0.15, -0.1) is 0 Å². The number of halogens is 3. The summed E-state index contributed by atoms with van der Waals surface area (Å²) in [6.07, 6.45) is -2.06. The Morgan fingerprint density at radius 2 is 1.65 bits per heavy atom. The Bertz CT molecular complexity index is 1190. The Kier molecular flexibility index (Phi) is 12.8. The lowest BCUT2D eigenvalue weighted by Crippen LogP contribution is -2.33. The molecule has 4 N–H and O–H groups in total. The van der Waals surface area contributed by atoms with E-state index in [-0.39, 0.29) is 19.3 Å². The third-order valence-corrected chi connectivity index (χ3v) is 10.1. The number of hydrogen-bond acceptors (Lipinski definition) is 9. The van der Waals surface area contributed by atoms with Crippen LogP contribution in [-0.4, -0.2) is 44.9 Å². The van der Waals surface area contributed by atoms with Crippen LogP contribution >= 0.6 is 75.4 Å². The zero-order valence-electron chi connectivity index (χ0n) is 20.0. The number of ether oxygens (including phenoxy) is 2. The molecule has 2 aromatic carbocycles. The maximum Gasteiger partial charge on any atom is 0.407 e. The molecule has 0 heterocycles. The molecule has 0 aliphatic rings. The minimum Gasteiger partial charge on any atom is -0.457 e. The van der Waals surface area contributed by atoms with Crippen molar-refractivity contribution in [2.45, 2.75) is 19.6 Å². The van der Waals surface area contributed by atoms with E-state index in [1.54, 1.807) is 0 Å². The zero-order valence-corrected chi connectivity index (χ0v) is 27.4. The number of carbonyl (C=O) groups is 3. The van der Waals surface area contributed by atoms with E-state index in [0.717, 1.165) is 5.56 Å². The smallest absolute Gasteiger partial charge is 0.407 e. The van der Waals surface area contributed by atoms with Crippen LogP contribution in [0.3, 0.4) is 0 Å². The largest absolute Gasteiger partial charge is 0.457 e. The highest BCUT2D eigenvalue weighted by Gasteiger charge is 2.34. The highest BCUT2D eigenvalue weighted by molar-refractivity contribution is 14.1. The Morgan fingerprint density at radius 3 is 2.22 bits per heavy atom. The first kappa shape index (κ1) is 32.0. The molecular weight excluding hydrogens is 846 g/mol. The van der Waals surface area contributed by atoms with E-state index in [9.17, 15) is 18.9 Å². The fraction of sp³-hybridized carbons (Fsp3) is 0.318. The summed E-state index contributed by atoms with van der Waals surface area (Å²) >= 11 is 5.97. The second-order valence-corrected chi connectivity index (χ2v) is 12.9. The first-order valence-corrected chi connectivity index (χ1v) is 15.5. The van der Waals surface area contributed by atoms with Gasteiger partial charge in [0.2, 0.25) is 5.91 Å². The SMILES string of the molecule is COP(=O)(CC(OC(C)=O)c1c(I)c(N)c(I)c(NC(=O)CNC(=O)OCc2ccccc2)c1I)OC. The van der Waals surface area contributed by atoms with Crippen LogP contribution in [0.2, 0.25) is 0 Å². The number of alkyl carbamates (subject to hydrolysis) is 1. The molecule has 15 heteroatoms. The molecule has 2 amide bonds. The molecule has 0 fully saturated rings. The number of carbonyl (C=O) groups excluding carboxylic acids is 3. The van der Waals surface area contributed by atoms with E-state index in [4.69, 9.17) is 24.3 Å². The van der Waals surface area contributed by atoms with Gasteiger partial charge in [-0.2, -0.15) is 0 Å². The van der Waals surface area contributed by atoms with Gasteiger partial charge in [-0.25, -0.2) is 4.79 Å². The zero-order chi connectivity index (χ0) is 27.8. The van der Waals surface area contributed by atoms with Gasteiger partial charge in [0.1, 0.15) is 19.3 Å². The summed E-state index contributed by atoms with van der Waals surface area (Å²) in [5.74, 6) is -1.15. The van der Waals surface area contributed by atoms with Gasteiger partial charge in [0.25, 0.3) is 0 Å². The van der Waals surface area contributed by atoms with Crippen molar-refractivity contribution in [2.75, 3.05) is 38.0 Å². The fourth-order valence-corrected chi connectivity index (χ4v) is 8.26. The lowest BCUT2D eigenvalue weighted by atomic mass is 10.1. The molecule has 202 valence electrons. The van der Waals surface area contributed by atoms with Crippen molar-refractivity contribution in [3.8, 4) is 0 Å². The van der Waals surface area contributed by atoms with Crippen LogP contribution in [0.5, 0.6) is 0 Å². The quantitative estimate of drug-likeness (QED) is 0.122. The topological polar surface area (TPSA) is 155 Å². The minimum atomic E-state index is -3.59. The summed E-state index contributed by atoms with van der Waals surface area (Å²) in [7, 11) is -1.13. The Balaban J connectivity index is 2.24. The van der Waals surface area contributed by atoms with Crippen LogP contribution in [0.15, 0.2) is 30.3 Å². The molecule has 0 aliphatic carbocycles.